The smallest absolute Gasteiger partial charge is 0.253 e. The van der Waals surface area contributed by atoms with Gasteiger partial charge in [-0.15, -0.1) is 0 Å². The lowest BCUT2D eigenvalue weighted by Crippen LogP contribution is -2.38. The number of nitrogens with one attached hydrogen (secondary N) is 2. The standard InChI is InChI=1S/C18H17BrCl2N2O2/c1-2-16(11-3-5-12(19)6-4-11)23-17(24)10-22-18(25)14-8-7-13(20)9-15(14)21/h3-9,16H,2,10H2,1H3,(H,22,25)(H,23,24). The van der Waals surface area contributed by atoms with Gasteiger partial charge in [-0.3, -0.25) is 9.59 Å². The van der Waals surface area contributed by atoms with E-state index >= 15 is 0 Å². The van der Waals surface area contributed by atoms with Gasteiger partial charge in [-0.1, -0.05) is 58.2 Å². The van der Waals surface area contributed by atoms with Gasteiger partial charge < -0.3 is 10.6 Å². The molecule has 25 heavy (non-hydrogen) atoms. The predicted octanol–water partition coefficient (Wildman–Crippen LogP) is 4.75. The SMILES string of the molecule is CCC(NC(=O)CNC(=O)c1ccc(Cl)cc1Cl)c1ccc(Br)cc1. The zero-order valence-electron chi connectivity index (χ0n) is 13.5. The van der Waals surface area contributed by atoms with E-state index in [0.717, 1.165) is 16.5 Å². The lowest BCUT2D eigenvalue weighted by molar-refractivity contribution is -0.120. The normalized spacial score (nSPS) is 11.7. The monoisotopic (exact) mass is 442 g/mol. The van der Waals surface area contributed by atoms with Crippen molar-refractivity contribution >= 4 is 50.9 Å². The first-order chi connectivity index (χ1) is 11.9. The number of halogens is 3. The molecule has 0 saturated heterocycles. The average Bonchev–Trinajstić information content (AvgIpc) is 2.58. The summed E-state index contributed by atoms with van der Waals surface area (Å²) in [5.74, 6) is -0.693. The topological polar surface area (TPSA) is 58.2 Å². The Morgan fingerprint density at radius 2 is 1.80 bits per heavy atom. The number of amides is 2. The fourth-order valence-corrected chi connectivity index (χ4v) is 3.05. The van der Waals surface area contributed by atoms with Crippen LogP contribution >= 0.6 is 39.1 Å². The molecule has 0 aliphatic rings. The molecule has 1 atom stereocenters. The summed E-state index contributed by atoms with van der Waals surface area (Å²) in [4.78, 5) is 24.3. The third kappa shape index (κ3) is 5.73. The van der Waals surface area contributed by atoms with Gasteiger partial charge in [-0.2, -0.15) is 0 Å². The van der Waals surface area contributed by atoms with Crippen molar-refractivity contribution in [3.8, 4) is 0 Å². The predicted molar refractivity (Wildman–Crippen MR) is 104 cm³/mol. The molecule has 1 unspecified atom stereocenters. The molecule has 0 aliphatic heterocycles. The number of rotatable bonds is 6. The first kappa shape index (κ1) is 19.8. The molecule has 2 aromatic rings. The summed E-state index contributed by atoms with van der Waals surface area (Å²) < 4.78 is 0.976. The van der Waals surface area contributed by atoms with Gasteiger partial charge in [0.1, 0.15) is 0 Å². The molecular weight excluding hydrogens is 427 g/mol. The molecule has 0 spiro atoms. The van der Waals surface area contributed by atoms with Gasteiger partial charge in [-0.25, -0.2) is 0 Å². The molecule has 0 radical (unpaired) electrons. The van der Waals surface area contributed by atoms with Crippen LogP contribution in [-0.4, -0.2) is 18.4 Å². The van der Waals surface area contributed by atoms with Crippen molar-refractivity contribution in [3.63, 3.8) is 0 Å². The summed E-state index contributed by atoms with van der Waals surface area (Å²) in [7, 11) is 0. The second-order valence-electron chi connectivity index (χ2n) is 5.39. The maximum atomic E-state index is 12.1. The third-order valence-corrected chi connectivity index (χ3v) is 4.68. The summed E-state index contributed by atoms with van der Waals surface area (Å²) >= 11 is 15.2. The highest BCUT2D eigenvalue weighted by Crippen LogP contribution is 2.21. The maximum absolute atomic E-state index is 12.1. The minimum atomic E-state index is -0.423. The zero-order valence-corrected chi connectivity index (χ0v) is 16.6. The number of carbonyl (C=O) groups excluding carboxylic acids is 2. The molecule has 0 fully saturated rings. The van der Waals surface area contributed by atoms with E-state index in [1.54, 1.807) is 6.07 Å². The molecule has 2 rings (SSSR count). The van der Waals surface area contributed by atoms with Gasteiger partial charge in [-0.05, 0) is 42.3 Å². The Bertz CT molecular complexity index is 766. The third-order valence-electron chi connectivity index (χ3n) is 3.60. The van der Waals surface area contributed by atoms with Crippen LogP contribution in [0.25, 0.3) is 0 Å². The summed E-state index contributed by atoms with van der Waals surface area (Å²) in [5.41, 5.74) is 1.28. The van der Waals surface area contributed by atoms with Crippen LogP contribution < -0.4 is 10.6 Å². The lowest BCUT2D eigenvalue weighted by Gasteiger charge is -2.18. The van der Waals surface area contributed by atoms with E-state index in [0.29, 0.717) is 5.02 Å². The molecule has 132 valence electrons. The molecule has 2 amide bonds. The van der Waals surface area contributed by atoms with Crippen LogP contribution in [0.1, 0.15) is 35.3 Å². The van der Waals surface area contributed by atoms with Gasteiger partial charge in [0.05, 0.1) is 23.2 Å². The molecule has 0 heterocycles. The Morgan fingerprint density at radius 3 is 2.40 bits per heavy atom. The highest BCUT2D eigenvalue weighted by molar-refractivity contribution is 9.10. The van der Waals surface area contributed by atoms with E-state index < -0.39 is 5.91 Å². The molecular formula is C18H17BrCl2N2O2. The maximum Gasteiger partial charge on any atom is 0.253 e. The van der Waals surface area contributed by atoms with Crippen LogP contribution in [0, 0.1) is 0 Å². The number of carbonyl (C=O) groups is 2. The molecule has 2 aromatic carbocycles. The van der Waals surface area contributed by atoms with E-state index in [9.17, 15) is 9.59 Å². The highest BCUT2D eigenvalue weighted by atomic mass is 79.9. The quantitative estimate of drug-likeness (QED) is 0.676. The van der Waals surface area contributed by atoms with Gasteiger partial charge in [0.15, 0.2) is 0 Å². The summed E-state index contributed by atoms with van der Waals surface area (Å²) in [6.45, 7) is 1.85. The van der Waals surface area contributed by atoms with Crippen molar-refractivity contribution in [1.29, 1.82) is 0 Å². The molecule has 0 aromatic heterocycles. The van der Waals surface area contributed by atoms with Crippen LogP contribution in [0.5, 0.6) is 0 Å². The average molecular weight is 444 g/mol. The van der Waals surface area contributed by atoms with Crippen LogP contribution in [0.4, 0.5) is 0 Å². The molecule has 0 bridgehead atoms. The van der Waals surface area contributed by atoms with E-state index in [4.69, 9.17) is 23.2 Å². The van der Waals surface area contributed by atoms with E-state index in [-0.39, 0.29) is 29.1 Å². The zero-order chi connectivity index (χ0) is 18.4. The second-order valence-corrected chi connectivity index (χ2v) is 7.15. The fraction of sp³-hybridized carbons (Fsp3) is 0.222. The van der Waals surface area contributed by atoms with Crippen molar-refractivity contribution < 1.29 is 9.59 Å². The minimum Gasteiger partial charge on any atom is -0.348 e. The van der Waals surface area contributed by atoms with E-state index in [1.807, 2.05) is 31.2 Å². The largest absolute Gasteiger partial charge is 0.348 e. The van der Waals surface area contributed by atoms with Crippen LogP contribution in [0.2, 0.25) is 10.0 Å². The molecule has 4 nitrogen and oxygen atoms in total. The first-order valence-electron chi connectivity index (χ1n) is 7.68. The Morgan fingerprint density at radius 1 is 1.12 bits per heavy atom. The molecule has 0 aliphatic carbocycles. The van der Waals surface area contributed by atoms with Crippen LogP contribution in [0.3, 0.4) is 0 Å². The van der Waals surface area contributed by atoms with Crippen molar-refractivity contribution in [2.45, 2.75) is 19.4 Å². The van der Waals surface area contributed by atoms with Crippen molar-refractivity contribution in [3.05, 3.63) is 68.1 Å². The second kappa shape index (κ2) is 9.22. The van der Waals surface area contributed by atoms with Crippen LogP contribution in [-0.2, 0) is 4.79 Å². The van der Waals surface area contributed by atoms with Gasteiger partial charge in [0.25, 0.3) is 5.91 Å². The lowest BCUT2D eigenvalue weighted by atomic mass is 10.0. The highest BCUT2D eigenvalue weighted by Gasteiger charge is 2.15. The Kier molecular flexibility index (Phi) is 7.29. The van der Waals surface area contributed by atoms with Crippen LogP contribution in [0.15, 0.2) is 46.9 Å². The van der Waals surface area contributed by atoms with Crippen molar-refractivity contribution in [2.24, 2.45) is 0 Å². The Hall–Kier alpha value is -1.56. The Balaban J connectivity index is 1.92. The molecule has 0 saturated carbocycles. The summed E-state index contributed by atoms with van der Waals surface area (Å²) in [6, 6.07) is 12.2. The number of benzene rings is 2. The minimum absolute atomic E-state index is 0.114. The van der Waals surface area contributed by atoms with Gasteiger partial charge in [0.2, 0.25) is 5.91 Å². The van der Waals surface area contributed by atoms with E-state index in [1.165, 1.54) is 12.1 Å². The Labute approximate surface area is 165 Å². The first-order valence-corrected chi connectivity index (χ1v) is 9.23. The summed E-state index contributed by atoms with van der Waals surface area (Å²) in [5, 5.41) is 6.16. The molecule has 2 N–H and O–H groups in total. The van der Waals surface area contributed by atoms with Gasteiger partial charge in [0, 0.05) is 9.50 Å². The molecule has 7 heteroatoms. The number of hydrogen-bond donors (Lipinski definition) is 2. The van der Waals surface area contributed by atoms with E-state index in [2.05, 4.69) is 26.6 Å². The fourth-order valence-electron chi connectivity index (χ4n) is 2.29. The number of hydrogen-bond acceptors (Lipinski definition) is 2. The van der Waals surface area contributed by atoms with Gasteiger partial charge >= 0.3 is 0 Å². The van der Waals surface area contributed by atoms with Crippen molar-refractivity contribution in [1.82, 2.24) is 10.6 Å². The van der Waals surface area contributed by atoms with Crippen molar-refractivity contribution in [2.75, 3.05) is 6.54 Å². The summed E-state index contributed by atoms with van der Waals surface area (Å²) in [6.07, 6.45) is 0.740.